The molecule has 2 fully saturated rings. The molecule has 144 valence electrons. The van der Waals surface area contributed by atoms with Crippen LogP contribution in [0.2, 0.25) is 5.02 Å². The lowest BCUT2D eigenvalue weighted by atomic mass is 9.89. The lowest BCUT2D eigenvalue weighted by Gasteiger charge is -2.33. The number of halogens is 2. The van der Waals surface area contributed by atoms with Gasteiger partial charge < -0.3 is 4.90 Å². The molecule has 7 heteroatoms. The Bertz CT molecular complexity index is 632. The highest BCUT2D eigenvalue weighted by Gasteiger charge is 2.34. The Labute approximate surface area is 171 Å². The number of anilines is 1. The monoisotopic (exact) mass is 415 g/mol. The fourth-order valence-electron chi connectivity index (χ4n) is 3.64. The number of amides is 1. The number of hydrogen-bond donors (Lipinski definition) is 0. The van der Waals surface area contributed by atoms with E-state index in [1.807, 2.05) is 36.2 Å². The minimum Gasteiger partial charge on any atom is -0.333 e. The predicted molar refractivity (Wildman–Crippen MR) is 115 cm³/mol. The number of amidine groups is 1. The van der Waals surface area contributed by atoms with Crippen molar-refractivity contribution in [3.05, 3.63) is 29.3 Å². The third-order valence-electron chi connectivity index (χ3n) is 5.06. The highest BCUT2D eigenvalue weighted by molar-refractivity contribution is 8.14. The molecule has 1 saturated carbocycles. The molecule has 3 rings (SSSR count). The molecule has 1 amide bonds. The Hall–Kier alpha value is -0.910. The summed E-state index contributed by atoms with van der Waals surface area (Å²) in [5.41, 5.74) is 0.878. The van der Waals surface area contributed by atoms with Crippen LogP contribution in [-0.4, -0.2) is 41.5 Å². The normalized spacial score (nSPS) is 22.3. The Morgan fingerprint density at radius 1 is 1.27 bits per heavy atom. The third-order valence-corrected chi connectivity index (χ3v) is 6.45. The molecule has 4 nitrogen and oxygen atoms in total. The molecule has 0 bridgehead atoms. The Morgan fingerprint density at radius 3 is 2.54 bits per heavy atom. The number of aliphatic imine (C=N–C) groups is 1. The summed E-state index contributed by atoms with van der Waals surface area (Å²) in [6.07, 6.45) is 6.66. The van der Waals surface area contributed by atoms with E-state index in [0.717, 1.165) is 29.1 Å². The average molecular weight is 416 g/mol. The molecule has 2 aliphatic rings. The molecule has 1 aliphatic carbocycles. The molecule has 26 heavy (non-hydrogen) atoms. The number of rotatable bonds is 4. The fourth-order valence-corrected chi connectivity index (χ4v) is 4.93. The van der Waals surface area contributed by atoms with Crippen molar-refractivity contribution >= 4 is 52.5 Å². The third kappa shape index (κ3) is 5.08. The highest BCUT2D eigenvalue weighted by Crippen LogP contribution is 2.31. The number of thioether (sulfide) groups is 1. The van der Waals surface area contributed by atoms with Gasteiger partial charge in [-0.1, -0.05) is 42.6 Å². The van der Waals surface area contributed by atoms with E-state index in [-0.39, 0.29) is 24.5 Å². The summed E-state index contributed by atoms with van der Waals surface area (Å²) in [5.74, 6) is 1.60. The van der Waals surface area contributed by atoms with Crippen LogP contribution in [0.3, 0.4) is 0 Å². The van der Waals surface area contributed by atoms with Crippen LogP contribution in [-0.2, 0) is 4.79 Å². The summed E-state index contributed by atoms with van der Waals surface area (Å²) in [4.78, 5) is 21.1. The highest BCUT2D eigenvalue weighted by atomic mass is 35.5. The predicted octanol–water partition coefficient (Wildman–Crippen LogP) is 5.06. The Morgan fingerprint density at radius 2 is 1.92 bits per heavy atom. The second-order valence-electron chi connectivity index (χ2n) is 6.90. The zero-order chi connectivity index (χ0) is 17.8. The molecule has 0 radical (unpaired) electrons. The van der Waals surface area contributed by atoms with Gasteiger partial charge in [0.25, 0.3) is 0 Å². The van der Waals surface area contributed by atoms with Crippen LogP contribution in [0.25, 0.3) is 0 Å². The Balaban J connectivity index is 0.00000243. The summed E-state index contributed by atoms with van der Waals surface area (Å²) in [7, 11) is 2.04. The summed E-state index contributed by atoms with van der Waals surface area (Å²) >= 11 is 7.73. The number of nitrogens with zero attached hydrogens (tertiary/aromatic N) is 3. The quantitative estimate of drug-likeness (QED) is 0.689. The van der Waals surface area contributed by atoms with Crippen molar-refractivity contribution in [1.82, 2.24) is 4.90 Å². The van der Waals surface area contributed by atoms with Crippen molar-refractivity contribution in [2.24, 2.45) is 10.9 Å². The van der Waals surface area contributed by atoms with Gasteiger partial charge in [0.05, 0.1) is 0 Å². The van der Waals surface area contributed by atoms with E-state index in [1.54, 1.807) is 18.7 Å². The van der Waals surface area contributed by atoms with Gasteiger partial charge in [0.1, 0.15) is 6.17 Å². The molecule has 0 aromatic heterocycles. The van der Waals surface area contributed by atoms with Crippen molar-refractivity contribution in [2.45, 2.75) is 45.2 Å². The van der Waals surface area contributed by atoms with Crippen LogP contribution in [0.1, 0.15) is 39.0 Å². The molecule has 1 heterocycles. The maximum atomic E-state index is 12.3. The van der Waals surface area contributed by atoms with Crippen LogP contribution in [0, 0.1) is 5.92 Å². The molecular weight excluding hydrogens is 389 g/mol. The molecular formula is C19H27Cl2N3OS. The van der Waals surface area contributed by atoms with Crippen molar-refractivity contribution in [2.75, 3.05) is 24.2 Å². The molecule has 1 aliphatic heterocycles. The van der Waals surface area contributed by atoms with E-state index in [0.29, 0.717) is 5.02 Å². The number of benzene rings is 1. The average Bonchev–Trinajstić information content (AvgIpc) is 2.96. The van der Waals surface area contributed by atoms with Crippen molar-refractivity contribution in [1.29, 1.82) is 0 Å². The van der Waals surface area contributed by atoms with Gasteiger partial charge in [-0.15, -0.1) is 12.4 Å². The van der Waals surface area contributed by atoms with Crippen LogP contribution in [0.15, 0.2) is 29.3 Å². The standard InChI is InChI=1S/C19H26ClN3OS.ClH/c1-14(24)23(17-10-8-16(20)9-11-17)18-13-25-19(22(18)2)21-12-15-6-4-3-5-7-15;/h8-11,15,18H,3-7,12-13H2,1-2H3;1H. The van der Waals surface area contributed by atoms with E-state index in [9.17, 15) is 4.79 Å². The van der Waals surface area contributed by atoms with Crippen molar-refractivity contribution < 1.29 is 4.79 Å². The van der Waals surface area contributed by atoms with Gasteiger partial charge in [-0.3, -0.25) is 14.7 Å². The van der Waals surface area contributed by atoms with Crippen LogP contribution < -0.4 is 4.90 Å². The zero-order valence-corrected chi connectivity index (χ0v) is 17.7. The van der Waals surface area contributed by atoms with Crippen molar-refractivity contribution in [3.8, 4) is 0 Å². The van der Waals surface area contributed by atoms with Gasteiger partial charge in [-0.2, -0.15) is 0 Å². The van der Waals surface area contributed by atoms with Gasteiger partial charge in [0.15, 0.2) is 5.17 Å². The van der Waals surface area contributed by atoms with Gasteiger partial charge in [0, 0.05) is 37.0 Å². The van der Waals surface area contributed by atoms with E-state index < -0.39 is 0 Å². The lowest BCUT2D eigenvalue weighted by molar-refractivity contribution is -0.117. The van der Waals surface area contributed by atoms with Gasteiger partial charge >= 0.3 is 0 Å². The van der Waals surface area contributed by atoms with Gasteiger partial charge in [-0.25, -0.2) is 0 Å². The van der Waals surface area contributed by atoms with Crippen LogP contribution in [0.5, 0.6) is 0 Å². The van der Waals surface area contributed by atoms with E-state index in [4.69, 9.17) is 16.6 Å². The summed E-state index contributed by atoms with van der Waals surface area (Å²) in [6.45, 7) is 2.53. The lowest BCUT2D eigenvalue weighted by Crippen LogP contribution is -2.48. The first kappa shape index (κ1) is 21.4. The molecule has 1 aromatic rings. The minimum absolute atomic E-state index is 0. The molecule has 0 spiro atoms. The fraction of sp³-hybridized carbons (Fsp3) is 0.579. The summed E-state index contributed by atoms with van der Waals surface area (Å²) < 4.78 is 0. The first-order valence-electron chi connectivity index (χ1n) is 9.01. The van der Waals surface area contributed by atoms with E-state index in [1.165, 1.54) is 32.1 Å². The molecule has 0 N–H and O–H groups in total. The van der Waals surface area contributed by atoms with Crippen LogP contribution in [0.4, 0.5) is 5.69 Å². The first-order valence-corrected chi connectivity index (χ1v) is 10.4. The molecule has 1 atom stereocenters. The SMILES string of the molecule is CC(=O)N(c1ccc(Cl)cc1)C1CSC(=NCC2CCCCC2)N1C.Cl. The van der Waals surface area contributed by atoms with Gasteiger partial charge in [0.2, 0.25) is 5.91 Å². The van der Waals surface area contributed by atoms with E-state index in [2.05, 4.69) is 4.90 Å². The number of hydrogen-bond acceptors (Lipinski definition) is 3. The Kier molecular flexibility index (Phi) is 8.11. The molecule has 1 unspecified atom stereocenters. The number of carbonyl (C=O) groups is 1. The topological polar surface area (TPSA) is 35.9 Å². The smallest absolute Gasteiger partial charge is 0.225 e. The molecule has 1 aromatic carbocycles. The maximum absolute atomic E-state index is 12.3. The maximum Gasteiger partial charge on any atom is 0.225 e. The van der Waals surface area contributed by atoms with Gasteiger partial charge in [-0.05, 0) is 43.0 Å². The van der Waals surface area contributed by atoms with Crippen molar-refractivity contribution in [3.63, 3.8) is 0 Å². The first-order chi connectivity index (χ1) is 12.1. The largest absolute Gasteiger partial charge is 0.333 e. The number of carbonyl (C=O) groups excluding carboxylic acids is 1. The summed E-state index contributed by atoms with van der Waals surface area (Å²) in [6, 6.07) is 7.46. The second kappa shape index (κ2) is 9.86. The minimum atomic E-state index is -0.00576. The molecule has 1 saturated heterocycles. The second-order valence-corrected chi connectivity index (χ2v) is 8.32. The zero-order valence-electron chi connectivity index (χ0n) is 15.4. The summed E-state index contributed by atoms with van der Waals surface area (Å²) in [5, 5.41) is 1.73. The van der Waals surface area contributed by atoms with E-state index >= 15 is 0 Å². The van der Waals surface area contributed by atoms with Crippen LogP contribution >= 0.6 is 35.8 Å².